The summed E-state index contributed by atoms with van der Waals surface area (Å²) in [5.41, 5.74) is 3.15. The van der Waals surface area contributed by atoms with Crippen LogP contribution in [-0.2, 0) is 4.74 Å². The number of aliphatic imine (C=N–C) groups is 1. The summed E-state index contributed by atoms with van der Waals surface area (Å²) in [6, 6.07) is 0. The van der Waals surface area contributed by atoms with E-state index in [1.54, 1.807) is 7.11 Å². The molecular weight excluding hydrogens is 216 g/mol. The van der Waals surface area contributed by atoms with Crippen LogP contribution in [0.15, 0.2) is 4.99 Å². The van der Waals surface area contributed by atoms with E-state index in [2.05, 4.69) is 29.2 Å². The number of guanidine groups is 1. The van der Waals surface area contributed by atoms with E-state index in [1.165, 1.54) is 19.3 Å². The van der Waals surface area contributed by atoms with Crippen LogP contribution in [0.4, 0.5) is 0 Å². The summed E-state index contributed by atoms with van der Waals surface area (Å²) in [6.07, 6.45) is 3.66. The summed E-state index contributed by atoms with van der Waals surface area (Å²) in [4.78, 5) is 6.68. The predicted octanol–water partition coefficient (Wildman–Crippen LogP) is 0.964. The Morgan fingerprint density at radius 3 is 2.65 bits per heavy atom. The van der Waals surface area contributed by atoms with Gasteiger partial charge in [0.25, 0.3) is 0 Å². The maximum Gasteiger partial charge on any atom is 0.208 e. The number of rotatable bonds is 5. The fourth-order valence-corrected chi connectivity index (χ4v) is 2.42. The maximum absolute atomic E-state index is 5.54. The first-order valence-corrected chi connectivity index (χ1v) is 6.46. The van der Waals surface area contributed by atoms with Gasteiger partial charge in [-0.1, -0.05) is 13.8 Å². The van der Waals surface area contributed by atoms with Crippen molar-refractivity contribution in [3.05, 3.63) is 0 Å². The number of hydrazine groups is 1. The first kappa shape index (κ1) is 14.3. The Hall–Kier alpha value is -0.810. The topological polar surface area (TPSA) is 62.9 Å². The van der Waals surface area contributed by atoms with Gasteiger partial charge in [-0.2, -0.15) is 0 Å². The summed E-state index contributed by atoms with van der Waals surface area (Å²) in [5, 5.41) is 0. The minimum absolute atomic E-state index is 0.443. The van der Waals surface area contributed by atoms with Gasteiger partial charge in [0.1, 0.15) is 0 Å². The molecule has 1 rings (SSSR count). The van der Waals surface area contributed by atoms with Crippen molar-refractivity contribution in [3.8, 4) is 0 Å². The van der Waals surface area contributed by atoms with E-state index >= 15 is 0 Å². The molecule has 3 N–H and O–H groups in total. The van der Waals surface area contributed by atoms with Gasteiger partial charge in [-0.3, -0.25) is 5.43 Å². The zero-order chi connectivity index (χ0) is 12.7. The number of hydrogen-bond acceptors (Lipinski definition) is 3. The van der Waals surface area contributed by atoms with Crippen LogP contribution in [0.25, 0.3) is 0 Å². The van der Waals surface area contributed by atoms with Crippen molar-refractivity contribution in [2.45, 2.75) is 33.1 Å². The highest BCUT2D eigenvalue weighted by atomic mass is 16.5. The zero-order valence-electron chi connectivity index (χ0n) is 11.3. The Kier molecular flexibility index (Phi) is 5.71. The smallest absolute Gasteiger partial charge is 0.208 e. The monoisotopic (exact) mass is 242 g/mol. The second-order valence-corrected chi connectivity index (χ2v) is 4.72. The largest absolute Gasteiger partial charge is 0.383 e. The first-order valence-electron chi connectivity index (χ1n) is 6.46. The second-order valence-electron chi connectivity index (χ2n) is 4.72. The van der Waals surface area contributed by atoms with E-state index in [-0.39, 0.29) is 0 Å². The predicted molar refractivity (Wildman–Crippen MR) is 70.7 cm³/mol. The molecule has 1 aliphatic rings. The van der Waals surface area contributed by atoms with Crippen LogP contribution < -0.4 is 11.3 Å². The molecule has 0 bridgehead atoms. The summed E-state index contributed by atoms with van der Waals surface area (Å²) in [6.45, 7) is 7.91. The molecule has 1 aliphatic heterocycles. The minimum Gasteiger partial charge on any atom is -0.383 e. The highest BCUT2D eigenvalue weighted by Gasteiger charge is 2.36. The molecule has 17 heavy (non-hydrogen) atoms. The molecule has 0 atom stereocenters. The van der Waals surface area contributed by atoms with Crippen molar-refractivity contribution in [3.63, 3.8) is 0 Å². The van der Waals surface area contributed by atoms with Crippen molar-refractivity contribution in [1.82, 2.24) is 10.3 Å². The maximum atomic E-state index is 5.54. The number of ether oxygens (including phenoxy) is 1. The molecule has 0 aromatic heterocycles. The second kappa shape index (κ2) is 6.81. The molecule has 5 nitrogen and oxygen atoms in total. The van der Waals surface area contributed by atoms with Gasteiger partial charge in [-0.05, 0) is 24.7 Å². The van der Waals surface area contributed by atoms with Crippen LogP contribution in [0.1, 0.15) is 33.1 Å². The summed E-state index contributed by atoms with van der Waals surface area (Å²) in [7, 11) is 1.68. The molecule has 1 heterocycles. The van der Waals surface area contributed by atoms with Gasteiger partial charge in [-0.25, -0.2) is 10.8 Å². The standard InChI is InChI=1S/C12H26N4O/c1-4-12(5-2)6-8-16(10-12)11(15-13)14-7-9-17-3/h4-10,13H2,1-3H3,(H,14,15). The molecule has 1 saturated heterocycles. The first-order chi connectivity index (χ1) is 8.21. The summed E-state index contributed by atoms with van der Waals surface area (Å²) < 4.78 is 4.99. The molecule has 0 saturated carbocycles. The Balaban J connectivity index is 2.58. The highest BCUT2D eigenvalue weighted by molar-refractivity contribution is 5.79. The number of nitrogens with zero attached hydrogens (tertiary/aromatic N) is 2. The van der Waals surface area contributed by atoms with Crippen molar-refractivity contribution in [2.24, 2.45) is 16.3 Å². The number of methoxy groups -OCH3 is 1. The van der Waals surface area contributed by atoms with Gasteiger partial charge >= 0.3 is 0 Å². The van der Waals surface area contributed by atoms with Crippen molar-refractivity contribution in [1.29, 1.82) is 0 Å². The lowest BCUT2D eigenvalue weighted by Gasteiger charge is -2.27. The lowest BCUT2D eigenvalue weighted by atomic mass is 9.82. The quantitative estimate of drug-likeness (QED) is 0.248. The third kappa shape index (κ3) is 3.57. The lowest BCUT2D eigenvalue weighted by Crippen LogP contribution is -2.44. The van der Waals surface area contributed by atoms with E-state index < -0.39 is 0 Å². The number of likely N-dealkylation sites (tertiary alicyclic amines) is 1. The molecule has 0 amide bonds. The average molecular weight is 242 g/mol. The van der Waals surface area contributed by atoms with E-state index in [9.17, 15) is 0 Å². The lowest BCUT2D eigenvalue weighted by molar-refractivity contribution is 0.207. The molecule has 100 valence electrons. The SMILES string of the molecule is CCC1(CC)CCN(C(=NCCOC)NN)C1. The van der Waals surface area contributed by atoms with Gasteiger partial charge in [0.15, 0.2) is 0 Å². The minimum atomic E-state index is 0.443. The molecule has 0 aliphatic carbocycles. The van der Waals surface area contributed by atoms with Crippen LogP contribution in [0, 0.1) is 5.41 Å². The Morgan fingerprint density at radius 2 is 2.18 bits per heavy atom. The molecule has 0 radical (unpaired) electrons. The third-order valence-electron chi connectivity index (χ3n) is 3.92. The van der Waals surface area contributed by atoms with E-state index in [0.29, 0.717) is 18.6 Å². The van der Waals surface area contributed by atoms with Crippen LogP contribution in [0.5, 0.6) is 0 Å². The normalized spacial score (nSPS) is 19.8. The van der Waals surface area contributed by atoms with Crippen LogP contribution in [0.3, 0.4) is 0 Å². The number of nitrogens with one attached hydrogen (secondary N) is 1. The van der Waals surface area contributed by atoms with Crippen LogP contribution >= 0.6 is 0 Å². The fourth-order valence-electron chi connectivity index (χ4n) is 2.42. The summed E-state index contributed by atoms with van der Waals surface area (Å²) >= 11 is 0. The van der Waals surface area contributed by atoms with Gasteiger partial charge in [0.05, 0.1) is 13.2 Å². The summed E-state index contributed by atoms with van der Waals surface area (Å²) in [5.74, 6) is 6.34. The zero-order valence-corrected chi connectivity index (χ0v) is 11.3. The highest BCUT2D eigenvalue weighted by Crippen LogP contribution is 2.36. The fraction of sp³-hybridized carbons (Fsp3) is 0.917. The van der Waals surface area contributed by atoms with Crippen molar-refractivity contribution >= 4 is 5.96 Å². The molecule has 5 heteroatoms. The van der Waals surface area contributed by atoms with Crippen LogP contribution in [0.2, 0.25) is 0 Å². The number of hydrogen-bond donors (Lipinski definition) is 2. The molecule has 0 aromatic rings. The van der Waals surface area contributed by atoms with Crippen molar-refractivity contribution < 1.29 is 4.74 Å². The molecular formula is C12H26N4O. The van der Waals surface area contributed by atoms with Gasteiger partial charge in [-0.15, -0.1) is 0 Å². The molecule has 1 fully saturated rings. The number of nitrogens with two attached hydrogens (primary N) is 1. The van der Waals surface area contributed by atoms with E-state index in [1.807, 2.05) is 0 Å². The van der Waals surface area contributed by atoms with Gasteiger partial charge in [0.2, 0.25) is 5.96 Å². The Morgan fingerprint density at radius 1 is 1.47 bits per heavy atom. The molecule has 0 unspecified atom stereocenters. The molecule has 0 spiro atoms. The Labute approximate surface area is 104 Å². The third-order valence-corrected chi connectivity index (χ3v) is 3.92. The van der Waals surface area contributed by atoms with E-state index in [4.69, 9.17) is 10.6 Å². The van der Waals surface area contributed by atoms with Gasteiger partial charge in [0, 0.05) is 20.2 Å². The van der Waals surface area contributed by atoms with Crippen LogP contribution in [-0.4, -0.2) is 44.2 Å². The Bertz CT molecular complexity index is 251. The van der Waals surface area contributed by atoms with Gasteiger partial charge < -0.3 is 9.64 Å². The van der Waals surface area contributed by atoms with Crippen molar-refractivity contribution in [2.75, 3.05) is 33.4 Å². The molecule has 0 aromatic carbocycles. The average Bonchev–Trinajstić information content (AvgIpc) is 2.80. The van der Waals surface area contributed by atoms with E-state index in [0.717, 1.165) is 19.0 Å².